The van der Waals surface area contributed by atoms with Gasteiger partial charge in [-0.05, 0) is 84.0 Å². The number of halogens is 2. The highest BCUT2D eigenvalue weighted by Crippen LogP contribution is 2.24. The fourth-order valence-electron chi connectivity index (χ4n) is 1.73. The molecule has 0 aliphatic rings. The van der Waals surface area contributed by atoms with Crippen LogP contribution in [0.25, 0.3) is 0 Å². The normalized spacial score (nSPS) is 11.4. The maximum absolute atomic E-state index is 12.4. The van der Waals surface area contributed by atoms with E-state index in [1.807, 2.05) is 26.0 Å². The molecule has 1 N–H and O–H groups in total. The SMILES string of the molecule is Cc1cc(S(=O)(=O)Nc2ccc(I)cc2C)ccc1Br. The number of sulfonamides is 1. The highest BCUT2D eigenvalue weighted by atomic mass is 127. The molecule has 0 aliphatic carbocycles. The monoisotopic (exact) mass is 465 g/mol. The molecule has 2 aromatic rings. The minimum atomic E-state index is -3.56. The van der Waals surface area contributed by atoms with Crippen molar-refractivity contribution in [3.05, 3.63) is 55.6 Å². The summed E-state index contributed by atoms with van der Waals surface area (Å²) in [6.45, 7) is 3.74. The van der Waals surface area contributed by atoms with Crippen molar-refractivity contribution < 1.29 is 8.42 Å². The topological polar surface area (TPSA) is 46.2 Å². The van der Waals surface area contributed by atoms with E-state index in [2.05, 4.69) is 43.2 Å². The number of benzene rings is 2. The molecule has 106 valence electrons. The van der Waals surface area contributed by atoms with Crippen molar-refractivity contribution >= 4 is 54.2 Å². The predicted octanol–water partition coefficient (Wildman–Crippen LogP) is 4.47. The number of anilines is 1. The molecule has 0 aliphatic heterocycles. The molecule has 0 aromatic heterocycles. The zero-order valence-corrected chi connectivity index (χ0v) is 15.5. The molecule has 0 fully saturated rings. The van der Waals surface area contributed by atoms with E-state index < -0.39 is 10.0 Å². The zero-order valence-electron chi connectivity index (χ0n) is 10.9. The summed E-state index contributed by atoms with van der Waals surface area (Å²) in [6.07, 6.45) is 0. The van der Waals surface area contributed by atoms with Gasteiger partial charge in [0.1, 0.15) is 0 Å². The van der Waals surface area contributed by atoms with Gasteiger partial charge in [-0.15, -0.1) is 0 Å². The van der Waals surface area contributed by atoms with Crippen molar-refractivity contribution in [2.75, 3.05) is 4.72 Å². The summed E-state index contributed by atoms with van der Waals surface area (Å²) in [7, 11) is -3.56. The Hall–Kier alpha value is -0.600. The molecule has 20 heavy (non-hydrogen) atoms. The fraction of sp³-hybridized carbons (Fsp3) is 0.143. The Morgan fingerprint density at radius 1 is 1.05 bits per heavy atom. The highest BCUT2D eigenvalue weighted by molar-refractivity contribution is 14.1. The smallest absolute Gasteiger partial charge is 0.261 e. The van der Waals surface area contributed by atoms with Crippen LogP contribution < -0.4 is 4.72 Å². The number of hydrogen-bond acceptors (Lipinski definition) is 2. The van der Waals surface area contributed by atoms with Gasteiger partial charge in [-0.1, -0.05) is 15.9 Å². The van der Waals surface area contributed by atoms with E-state index in [9.17, 15) is 8.42 Å². The number of nitrogens with one attached hydrogen (secondary N) is 1. The van der Waals surface area contributed by atoms with Crippen LogP contribution in [-0.4, -0.2) is 8.42 Å². The molecule has 0 spiro atoms. The Labute approximate surface area is 141 Å². The first-order chi connectivity index (χ1) is 9.29. The summed E-state index contributed by atoms with van der Waals surface area (Å²) in [6, 6.07) is 10.6. The first-order valence-electron chi connectivity index (χ1n) is 5.85. The zero-order chi connectivity index (χ0) is 14.9. The van der Waals surface area contributed by atoms with Crippen LogP contribution in [0.3, 0.4) is 0 Å². The van der Waals surface area contributed by atoms with Crippen molar-refractivity contribution in [1.29, 1.82) is 0 Å². The van der Waals surface area contributed by atoms with Crippen LogP contribution in [0, 0.1) is 17.4 Å². The number of aryl methyl sites for hydroxylation is 2. The molecule has 0 saturated carbocycles. The van der Waals surface area contributed by atoms with Crippen molar-refractivity contribution in [2.45, 2.75) is 18.7 Å². The molecule has 3 nitrogen and oxygen atoms in total. The maximum atomic E-state index is 12.4. The van der Waals surface area contributed by atoms with Crippen LogP contribution in [-0.2, 0) is 10.0 Å². The van der Waals surface area contributed by atoms with Crippen LogP contribution in [0.2, 0.25) is 0 Å². The van der Waals surface area contributed by atoms with Crippen molar-refractivity contribution in [3.63, 3.8) is 0 Å². The molecule has 2 aromatic carbocycles. The van der Waals surface area contributed by atoms with Gasteiger partial charge < -0.3 is 0 Å². The lowest BCUT2D eigenvalue weighted by atomic mass is 10.2. The van der Waals surface area contributed by atoms with E-state index in [4.69, 9.17) is 0 Å². The summed E-state index contributed by atoms with van der Waals surface area (Å²) in [5.41, 5.74) is 2.38. The molecule has 0 amide bonds. The molecule has 0 atom stereocenters. The second-order valence-electron chi connectivity index (χ2n) is 4.48. The second-order valence-corrected chi connectivity index (χ2v) is 8.26. The van der Waals surface area contributed by atoms with Crippen LogP contribution in [0.5, 0.6) is 0 Å². The molecule has 0 heterocycles. The average Bonchev–Trinajstić information content (AvgIpc) is 2.36. The highest BCUT2D eigenvalue weighted by Gasteiger charge is 2.16. The lowest BCUT2D eigenvalue weighted by Crippen LogP contribution is -2.14. The fourth-order valence-corrected chi connectivity index (χ4v) is 3.84. The van der Waals surface area contributed by atoms with E-state index in [-0.39, 0.29) is 4.90 Å². The third-order valence-electron chi connectivity index (χ3n) is 2.87. The molecule has 0 radical (unpaired) electrons. The molecule has 0 saturated heterocycles. The molecule has 0 unspecified atom stereocenters. The average molecular weight is 466 g/mol. The summed E-state index contributed by atoms with van der Waals surface area (Å²) in [5, 5.41) is 0. The maximum Gasteiger partial charge on any atom is 0.261 e. The van der Waals surface area contributed by atoms with Gasteiger partial charge in [-0.3, -0.25) is 4.72 Å². The summed E-state index contributed by atoms with van der Waals surface area (Å²) >= 11 is 5.56. The second kappa shape index (κ2) is 6.03. The lowest BCUT2D eigenvalue weighted by Gasteiger charge is -2.11. The largest absolute Gasteiger partial charge is 0.279 e. The molecule has 2 rings (SSSR count). The minimum Gasteiger partial charge on any atom is -0.279 e. The first-order valence-corrected chi connectivity index (χ1v) is 9.20. The van der Waals surface area contributed by atoms with Gasteiger partial charge in [0.2, 0.25) is 0 Å². The van der Waals surface area contributed by atoms with E-state index in [1.54, 1.807) is 24.3 Å². The van der Waals surface area contributed by atoms with Gasteiger partial charge in [0.05, 0.1) is 10.6 Å². The minimum absolute atomic E-state index is 0.260. The molecular weight excluding hydrogens is 453 g/mol. The molecular formula is C14H13BrINO2S. The third kappa shape index (κ3) is 3.53. The Morgan fingerprint density at radius 2 is 1.75 bits per heavy atom. The Balaban J connectivity index is 2.38. The summed E-state index contributed by atoms with van der Waals surface area (Å²) in [5.74, 6) is 0. The van der Waals surface area contributed by atoms with E-state index in [0.29, 0.717) is 5.69 Å². The van der Waals surface area contributed by atoms with Gasteiger partial charge >= 0.3 is 0 Å². The number of hydrogen-bond donors (Lipinski definition) is 1. The van der Waals surface area contributed by atoms with E-state index in [0.717, 1.165) is 19.2 Å². The van der Waals surface area contributed by atoms with Crippen molar-refractivity contribution in [3.8, 4) is 0 Å². The van der Waals surface area contributed by atoms with E-state index >= 15 is 0 Å². The Morgan fingerprint density at radius 3 is 2.35 bits per heavy atom. The van der Waals surface area contributed by atoms with Crippen LogP contribution in [0.4, 0.5) is 5.69 Å². The predicted molar refractivity (Wildman–Crippen MR) is 93.6 cm³/mol. The Kier molecular flexibility index (Phi) is 4.76. The molecule has 0 bridgehead atoms. The Bertz CT molecular complexity index is 760. The van der Waals surface area contributed by atoms with Crippen LogP contribution in [0.15, 0.2) is 45.8 Å². The lowest BCUT2D eigenvalue weighted by molar-refractivity contribution is 0.601. The van der Waals surface area contributed by atoms with Crippen molar-refractivity contribution in [1.82, 2.24) is 0 Å². The van der Waals surface area contributed by atoms with Gasteiger partial charge in [0, 0.05) is 8.04 Å². The molecule has 6 heteroatoms. The number of rotatable bonds is 3. The van der Waals surface area contributed by atoms with E-state index in [1.165, 1.54) is 0 Å². The van der Waals surface area contributed by atoms with Crippen LogP contribution in [0.1, 0.15) is 11.1 Å². The standard InChI is InChI=1S/C14H13BrINO2S/c1-9-8-12(4-5-13(9)15)20(18,19)17-14-6-3-11(16)7-10(14)2/h3-8,17H,1-2H3. The summed E-state index contributed by atoms with van der Waals surface area (Å²) in [4.78, 5) is 0.260. The van der Waals surface area contributed by atoms with Gasteiger partial charge in [-0.2, -0.15) is 0 Å². The van der Waals surface area contributed by atoms with Gasteiger partial charge in [-0.25, -0.2) is 8.42 Å². The van der Waals surface area contributed by atoms with Crippen molar-refractivity contribution in [2.24, 2.45) is 0 Å². The van der Waals surface area contributed by atoms with Gasteiger partial charge in [0.15, 0.2) is 0 Å². The quantitative estimate of drug-likeness (QED) is 0.679. The third-order valence-corrected chi connectivity index (χ3v) is 5.80. The first kappa shape index (κ1) is 15.8. The summed E-state index contributed by atoms with van der Waals surface area (Å²) < 4.78 is 29.3. The van der Waals surface area contributed by atoms with Crippen LogP contribution >= 0.6 is 38.5 Å². The van der Waals surface area contributed by atoms with Gasteiger partial charge in [0.25, 0.3) is 10.0 Å².